The molecule has 6 heteroatoms. The number of likely N-dealkylation sites (tertiary alicyclic amines) is 1. The van der Waals surface area contributed by atoms with Gasteiger partial charge in [-0.15, -0.1) is 0 Å². The summed E-state index contributed by atoms with van der Waals surface area (Å²) in [7, 11) is 0. The van der Waals surface area contributed by atoms with Crippen LogP contribution < -0.4 is 16.0 Å². The third kappa shape index (κ3) is 4.46. The molecular formula is C31H35N5O. The lowest BCUT2D eigenvalue weighted by atomic mass is 10.0. The number of rotatable bonds is 6. The molecule has 4 aromatic rings. The molecule has 0 saturated carbocycles. The number of anilines is 2. The number of nitrogens with one attached hydrogen (secondary N) is 1. The highest BCUT2D eigenvalue weighted by atomic mass is 16.2. The second kappa shape index (κ2) is 9.94. The summed E-state index contributed by atoms with van der Waals surface area (Å²) in [5.74, 6) is 0.0726. The fourth-order valence-electron chi connectivity index (χ4n) is 5.90. The maximum Gasteiger partial charge on any atom is 0.253 e. The Morgan fingerprint density at radius 3 is 2.65 bits per heavy atom. The molecule has 190 valence electrons. The molecule has 1 fully saturated rings. The Kier molecular flexibility index (Phi) is 6.35. The molecule has 0 radical (unpaired) electrons. The molecule has 3 heterocycles. The summed E-state index contributed by atoms with van der Waals surface area (Å²) < 4.78 is 2.43. The fraction of sp³-hybridized carbons (Fsp3) is 0.323. The summed E-state index contributed by atoms with van der Waals surface area (Å²) in [6.45, 7) is 5.35. The van der Waals surface area contributed by atoms with Gasteiger partial charge in [0.15, 0.2) is 0 Å². The van der Waals surface area contributed by atoms with Crippen LogP contribution >= 0.6 is 0 Å². The van der Waals surface area contributed by atoms with Gasteiger partial charge in [-0.1, -0.05) is 55.5 Å². The normalized spacial score (nSPS) is 19.2. The molecule has 1 saturated heterocycles. The van der Waals surface area contributed by atoms with Crippen LogP contribution in [0.2, 0.25) is 0 Å². The van der Waals surface area contributed by atoms with E-state index in [1.807, 2.05) is 17.0 Å². The number of hydrogen-bond acceptors (Lipinski definition) is 4. The highest BCUT2D eigenvalue weighted by molar-refractivity contribution is 5.97. The summed E-state index contributed by atoms with van der Waals surface area (Å²) in [6.07, 6.45) is 2.97. The van der Waals surface area contributed by atoms with Gasteiger partial charge in [-0.05, 0) is 55.2 Å². The number of piperidine rings is 1. The van der Waals surface area contributed by atoms with Gasteiger partial charge in [-0.25, -0.2) is 0 Å². The van der Waals surface area contributed by atoms with Crippen molar-refractivity contribution in [3.05, 3.63) is 95.7 Å². The molecule has 0 aliphatic carbocycles. The second-order valence-corrected chi connectivity index (χ2v) is 10.3. The van der Waals surface area contributed by atoms with E-state index in [0.29, 0.717) is 6.54 Å². The van der Waals surface area contributed by atoms with E-state index in [4.69, 9.17) is 5.73 Å². The lowest BCUT2D eigenvalue weighted by Gasteiger charge is -2.31. The molecule has 3 aromatic carbocycles. The molecular weight excluding hydrogens is 458 g/mol. The molecule has 1 amide bonds. The van der Waals surface area contributed by atoms with Gasteiger partial charge >= 0.3 is 0 Å². The lowest BCUT2D eigenvalue weighted by Crippen LogP contribution is -2.45. The molecule has 2 aliphatic heterocycles. The predicted molar refractivity (Wildman–Crippen MR) is 151 cm³/mol. The van der Waals surface area contributed by atoms with Gasteiger partial charge in [0, 0.05) is 48.7 Å². The van der Waals surface area contributed by atoms with Gasteiger partial charge in [0.05, 0.1) is 17.1 Å². The molecule has 0 bridgehead atoms. The Morgan fingerprint density at radius 2 is 1.84 bits per heavy atom. The smallest absolute Gasteiger partial charge is 0.253 e. The summed E-state index contributed by atoms with van der Waals surface area (Å²) in [4.78, 5) is 17.7. The van der Waals surface area contributed by atoms with Crippen molar-refractivity contribution < 1.29 is 4.79 Å². The molecule has 3 N–H and O–H groups in total. The zero-order chi connectivity index (χ0) is 25.4. The molecule has 37 heavy (non-hydrogen) atoms. The zero-order valence-electron chi connectivity index (χ0n) is 21.4. The van der Waals surface area contributed by atoms with Crippen LogP contribution in [0.4, 0.5) is 11.4 Å². The van der Waals surface area contributed by atoms with Crippen molar-refractivity contribution in [1.82, 2.24) is 9.47 Å². The molecule has 0 spiro atoms. The van der Waals surface area contributed by atoms with E-state index >= 15 is 0 Å². The van der Waals surface area contributed by atoms with Crippen LogP contribution in [-0.2, 0) is 6.54 Å². The van der Waals surface area contributed by atoms with Crippen LogP contribution in [-0.4, -0.2) is 41.1 Å². The third-order valence-corrected chi connectivity index (χ3v) is 7.67. The number of amides is 1. The molecule has 2 unspecified atom stereocenters. The first-order valence-electron chi connectivity index (χ1n) is 13.5. The second-order valence-electron chi connectivity index (χ2n) is 10.3. The molecule has 2 aliphatic rings. The average Bonchev–Trinajstić information content (AvgIpc) is 3.47. The van der Waals surface area contributed by atoms with Gasteiger partial charge < -0.3 is 25.4 Å². The Bertz CT molecular complexity index is 1410. The monoisotopic (exact) mass is 493 g/mol. The maximum atomic E-state index is 13.3. The number of benzene rings is 3. The van der Waals surface area contributed by atoms with E-state index < -0.39 is 0 Å². The standard InChI is InChI=1S/C31H35N5O/c1-2-16-35-28-15-14-24(31(37)34-17-8-12-25(32)21-34)18-26(28)33-30(35)29-19-23-11-6-7-13-27(23)36(29)20-22-9-4-3-5-10-22/h3-7,9-11,13-15,18-19,25,30,33H,2,8,12,16-17,20-21,32H2,1H3. The van der Waals surface area contributed by atoms with E-state index in [1.165, 1.54) is 22.2 Å². The summed E-state index contributed by atoms with van der Waals surface area (Å²) in [5, 5.41) is 5.03. The third-order valence-electron chi connectivity index (χ3n) is 7.67. The van der Waals surface area contributed by atoms with Crippen LogP contribution in [0.3, 0.4) is 0 Å². The average molecular weight is 494 g/mol. The zero-order valence-corrected chi connectivity index (χ0v) is 21.4. The summed E-state index contributed by atoms with van der Waals surface area (Å²) in [5.41, 5.74) is 12.8. The number of fused-ring (bicyclic) bond motifs is 2. The fourth-order valence-corrected chi connectivity index (χ4v) is 5.90. The van der Waals surface area contributed by atoms with Gasteiger partial charge in [0.25, 0.3) is 5.91 Å². The lowest BCUT2D eigenvalue weighted by molar-refractivity contribution is 0.0709. The first kappa shape index (κ1) is 23.6. The topological polar surface area (TPSA) is 66.5 Å². The quantitative estimate of drug-likeness (QED) is 0.367. The summed E-state index contributed by atoms with van der Waals surface area (Å²) >= 11 is 0. The van der Waals surface area contributed by atoms with Gasteiger partial charge in [-0.2, -0.15) is 0 Å². The number of nitrogens with two attached hydrogens (primary N) is 1. The van der Waals surface area contributed by atoms with Crippen molar-refractivity contribution in [2.75, 3.05) is 29.9 Å². The Balaban J connectivity index is 1.37. The van der Waals surface area contributed by atoms with E-state index in [0.717, 1.165) is 55.8 Å². The van der Waals surface area contributed by atoms with Gasteiger partial charge in [-0.3, -0.25) is 4.79 Å². The Morgan fingerprint density at radius 1 is 1.03 bits per heavy atom. The van der Waals surface area contributed by atoms with Crippen LogP contribution in [0.1, 0.15) is 54.0 Å². The van der Waals surface area contributed by atoms with Crippen LogP contribution in [0.25, 0.3) is 10.9 Å². The van der Waals surface area contributed by atoms with Crippen molar-refractivity contribution in [3.8, 4) is 0 Å². The van der Waals surface area contributed by atoms with Crippen molar-refractivity contribution >= 4 is 28.2 Å². The van der Waals surface area contributed by atoms with Crippen LogP contribution in [0, 0.1) is 0 Å². The van der Waals surface area contributed by atoms with Crippen LogP contribution in [0.5, 0.6) is 0 Å². The van der Waals surface area contributed by atoms with Crippen molar-refractivity contribution in [1.29, 1.82) is 0 Å². The Labute approximate surface area is 218 Å². The van der Waals surface area contributed by atoms with E-state index in [-0.39, 0.29) is 18.1 Å². The molecule has 6 nitrogen and oxygen atoms in total. The van der Waals surface area contributed by atoms with Crippen LogP contribution in [0.15, 0.2) is 78.9 Å². The first-order chi connectivity index (χ1) is 18.1. The molecule has 6 rings (SSSR count). The van der Waals surface area contributed by atoms with Crippen molar-refractivity contribution in [2.45, 2.75) is 44.9 Å². The van der Waals surface area contributed by atoms with Gasteiger partial charge in [0.2, 0.25) is 0 Å². The molecule has 1 aromatic heterocycles. The number of aromatic nitrogens is 1. The van der Waals surface area contributed by atoms with E-state index in [1.54, 1.807) is 0 Å². The predicted octanol–water partition coefficient (Wildman–Crippen LogP) is 5.59. The highest BCUT2D eigenvalue weighted by Crippen LogP contribution is 2.43. The number of nitrogens with zero attached hydrogens (tertiary/aromatic N) is 3. The van der Waals surface area contributed by atoms with Crippen molar-refractivity contribution in [3.63, 3.8) is 0 Å². The maximum absolute atomic E-state index is 13.3. The number of para-hydroxylation sites is 1. The minimum absolute atomic E-state index is 0.0141. The number of hydrogen-bond donors (Lipinski definition) is 2. The largest absolute Gasteiger partial charge is 0.359 e. The van der Waals surface area contributed by atoms with Crippen molar-refractivity contribution in [2.24, 2.45) is 5.73 Å². The highest BCUT2D eigenvalue weighted by Gasteiger charge is 2.33. The first-order valence-corrected chi connectivity index (χ1v) is 13.5. The van der Waals surface area contributed by atoms with E-state index in [2.05, 4.69) is 88.4 Å². The Hall–Kier alpha value is -3.77. The molecule has 2 atom stereocenters. The number of carbonyl (C=O) groups is 1. The van der Waals surface area contributed by atoms with E-state index in [9.17, 15) is 4.79 Å². The minimum Gasteiger partial charge on any atom is -0.359 e. The SMILES string of the molecule is CCCN1c2ccc(C(=O)N3CCCC(N)C3)cc2NC1c1cc2ccccc2n1Cc1ccccc1. The van der Waals surface area contributed by atoms with Gasteiger partial charge in [0.1, 0.15) is 6.17 Å². The minimum atomic E-state index is -0.0141. The summed E-state index contributed by atoms with van der Waals surface area (Å²) in [6, 6.07) is 27.7. The number of carbonyl (C=O) groups excluding carboxylic acids is 1.